The van der Waals surface area contributed by atoms with Gasteiger partial charge in [-0.2, -0.15) is 0 Å². The predicted octanol–water partition coefficient (Wildman–Crippen LogP) is 12.4. The van der Waals surface area contributed by atoms with E-state index in [0.29, 0.717) is 5.89 Å². The molecule has 230 valence electrons. The first kappa shape index (κ1) is 27.5. The molecule has 0 atom stereocenters. The van der Waals surface area contributed by atoms with Crippen LogP contribution in [-0.2, 0) is 0 Å². The van der Waals surface area contributed by atoms with E-state index in [0.717, 1.165) is 66.5 Å². The number of hydrogen-bond donors (Lipinski definition) is 0. The lowest BCUT2D eigenvalue weighted by molar-refractivity contribution is 0.623. The second-order valence-electron chi connectivity index (χ2n) is 12.4. The van der Waals surface area contributed by atoms with Crippen LogP contribution in [0.4, 0.5) is 17.1 Å². The second kappa shape index (κ2) is 11.0. The van der Waals surface area contributed by atoms with Gasteiger partial charge in [-0.3, -0.25) is 0 Å². The Hall–Kier alpha value is -6.65. The first-order valence-electron chi connectivity index (χ1n) is 16.6. The number of oxazole rings is 1. The van der Waals surface area contributed by atoms with Crippen molar-refractivity contribution >= 4 is 71.5 Å². The summed E-state index contributed by atoms with van der Waals surface area (Å²) in [5.74, 6) is 0.627. The van der Waals surface area contributed by atoms with E-state index in [-0.39, 0.29) is 0 Å². The molecule has 0 saturated heterocycles. The quantitative estimate of drug-likeness (QED) is 0.178. The van der Waals surface area contributed by atoms with Crippen LogP contribution in [0.25, 0.3) is 71.6 Å². The number of aromatic nitrogens is 2. The molecule has 0 fully saturated rings. The van der Waals surface area contributed by atoms with Gasteiger partial charge in [0.1, 0.15) is 5.52 Å². The Kier molecular flexibility index (Phi) is 6.15. The fourth-order valence-corrected chi connectivity index (χ4v) is 7.38. The van der Waals surface area contributed by atoms with Crippen LogP contribution in [0, 0.1) is 0 Å². The average molecular weight is 628 g/mol. The summed E-state index contributed by atoms with van der Waals surface area (Å²) in [6, 6.07) is 62.1. The molecule has 0 amide bonds. The summed E-state index contributed by atoms with van der Waals surface area (Å²) in [5.41, 5.74) is 9.31. The summed E-state index contributed by atoms with van der Waals surface area (Å²) in [4.78, 5) is 7.29. The van der Waals surface area contributed by atoms with Gasteiger partial charge in [0.15, 0.2) is 5.58 Å². The maximum atomic E-state index is 6.57. The zero-order chi connectivity index (χ0) is 32.3. The lowest BCUT2D eigenvalue weighted by Crippen LogP contribution is -2.11. The first-order valence-corrected chi connectivity index (χ1v) is 16.6. The van der Waals surface area contributed by atoms with Crippen molar-refractivity contribution in [1.29, 1.82) is 0 Å². The summed E-state index contributed by atoms with van der Waals surface area (Å²) >= 11 is 0. The highest BCUT2D eigenvalue weighted by Crippen LogP contribution is 2.45. The van der Waals surface area contributed by atoms with Gasteiger partial charge < -0.3 is 13.9 Å². The van der Waals surface area contributed by atoms with Gasteiger partial charge in [-0.05, 0) is 82.9 Å². The van der Waals surface area contributed by atoms with Gasteiger partial charge in [0.05, 0.1) is 16.7 Å². The van der Waals surface area contributed by atoms with Gasteiger partial charge >= 0.3 is 0 Å². The van der Waals surface area contributed by atoms with Gasteiger partial charge in [0.25, 0.3) is 0 Å². The smallest absolute Gasteiger partial charge is 0.227 e. The average Bonchev–Trinajstić information content (AvgIpc) is 3.76. The van der Waals surface area contributed by atoms with E-state index in [9.17, 15) is 0 Å². The highest BCUT2D eigenvalue weighted by Gasteiger charge is 2.22. The number of nitrogens with zero attached hydrogens (tertiary/aromatic N) is 3. The number of hydrogen-bond acceptors (Lipinski definition) is 3. The Labute approximate surface area is 282 Å². The Morgan fingerprint density at radius 1 is 0.510 bits per heavy atom. The van der Waals surface area contributed by atoms with E-state index in [1.807, 2.05) is 30.3 Å². The van der Waals surface area contributed by atoms with Gasteiger partial charge in [-0.25, -0.2) is 4.98 Å². The van der Waals surface area contributed by atoms with Crippen LogP contribution >= 0.6 is 0 Å². The summed E-state index contributed by atoms with van der Waals surface area (Å²) in [6.07, 6.45) is 0. The lowest BCUT2D eigenvalue weighted by Gasteiger charge is -2.27. The van der Waals surface area contributed by atoms with Crippen LogP contribution in [0.1, 0.15) is 0 Å². The van der Waals surface area contributed by atoms with Crippen LogP contribution in [0.3, 0.4) is 0 Å². The van der Waals surface area contributed by atoms with E-state index in [4.69, 9.17) is 9.40 Å². The molecule has 49 heavy (non-hydrogen) atoms. The first-order chi connectivity index (χ1) is 24.3. The summed E-state index contributed by atoms with van der Waals surface area (Å²) in [5, 5.41) is 6.88. The maximum Gasteiger partial charge on any atom is 0.227 e. The van der Waals surface area contributed by atoms with Crippen LogP contribution in [-0.4, -0.2) is 9.55 Å². The van der Waals surface area contributed by atoms with E-state index in [2.05, 4.69) is 155 Å². The van der Waals surface area contributed by atoms with Crippen molar-refractivity contribution in [2.24, 2.45) is 0 Å². The molecule has 0 unspecified atom stereocenters. The van der Waals surface area contributed by atoms with E-state index in [1.54, 1.807) is 0 Å². The van der Waals surface area contributed by atoms with Crippen molar-refractivity contribution in [2.45, 2.75) is 0 Å². The number of para-hydroxylation sites is 4. The number of fused-ring (bicyclic) bond motifs is 8. The zero-order valence-electron chi connectivity index (χ0n) is 26.5. The van der Waals surface area contributed by atoms with Crippen molar-refractivity contribution in [3.63, 3.8) is 0 Å². The molecule has 2 heterocycles. The van der Waals surface area contributed by atoms with Crippen LogP contribution in [0.5, 0.6) is 0 Å². The van der Waals surface area contributed by atoms with E-state index >= 15 is 0 Å². The fourth-order valence-electron chi connectivity index (χ4n) is 7.38. The van der Waals surface area contributed by atoms with Gasteiger partial charge in [0.2, 0.25) is 5.89 Å². The monoisotopic (exact) mass is 627 g/mol. The molecule has 0 aliphatic rings. The number of rotatable bonds is 5. The normalized spacial score (nSPS) is 11.7. The Morgan fingerprint density at radius 2 is 1.18 bits per heavy atom. The summed E-state index contributed by atoms with van der Waals surface area (Å²) in [6.45, 7) is 0. The van der Waals surface area contributed by atoms with Gasteiger partial charge in [-0.15, -0.1) is 0 Å². The minimum atomic E-state index is 0.627. The molecule has 0 radical (unpaired) electrons. The molecular weight excluding hydrogens is 599 g/mol. The molecule has 8 aromatic carbocycles. The molecule has 0 saturated carbocycles. The van der Waals surface area contributed by atoms with Crippen molar-refractivity contribution in [3.05, 3.63) is 176 Å². The molecule has 0 spiro atoms. The SMILES string of the molecule is c1ccc(-c2nc3ccc4ccc5ccc(N(c6ccccc6)c6cccc7c8ccccc8n(-c8ccccc8)c67)cc5c4c3o2)cc1. The minimum Gasteiger partial charge on any atom is -0.435 e. The highest BCUT2D eigenvalue weighted by atomic mass is 16.3. The maximum absolute atomic E-state index is 6.57. The van der Waals surface area contributed by atoms with E-state index in [1.165, 1.54) is 16.3 Å². The molecule has 0 bridgehead atoms. The molecule has 10 rings (SSSR count). The van der Waals surface area contributed by atoms with E-state index < -0.39 is 0 Å². The fraction of sp³-hybridized carbons (Fsp3) is 0. The van der Waals surface area contributed by atoms with Crippen molar-refractivity contribution in [2.75, 3.05) is 4.90 Å². The second-order valence-corrected chi connectivity index (χ2v) is 12.4. The Balaban J connectivity index is 1.27. The Morgan fingerprint density at radius 3 is 2.02 bits per heavy atom. The van der Waals surface area contributed by atoms with Crippen LogP contribution in [0.15, 0.2) is 180 Å². The minimum absolute atomic E-state index is 0.627. The predicted molar refractivity (Wildman–Crippen MR) is 203 cm³/mol. The molecule has 0 N–H and O–H groups in total. The molecular formula is C45H29N3O. The molecule has 4 heteroatoms. The highest BCUT2D eigenvalue weighted by molar-refractivity contribution is 6.19. The Bertz CT molecular complexity index is 2820. The van der Waals surface area contributed by atoms with Crippen LogP contribution in [0.2, 0.25) is 0 Å². The van der Waals surface area contributed by atoms with Gasteiger partial charge in [0, 0.05) is 38.8 Å². The molecule has 0 aliphatic heterocycles. The molecule has 0 aliphatic carbocycles. The number of benzene rings is 8. The molecule has 4 nitrogen and oxygen atoms in total. The lowest BCUT2D eigenvalue weighted by atomic mass is 10.00. The third kappa shape index (κ3) is 4.35. The summed E-state index contributed by atoms with van der Waals surface area (Å²) < 4.78 is 8.97. The molecule has 2 aromatic heterocycles. The van der Waals surface area contributed by atoms with Crippen molar-refractivity contribution < 1.29 is 4.42 Å². The van der Waals surface area contributed by atoms with Gasteiger partial charge in [-0.1, -0.05) is 109 Å². The topological polar surface area (TPSA) is 34.2 Å². The summed E-state index contributed by atoms with van der Waals surface area (Å²) in [7, 11) is 0. The largest absolute Gasteiger partial charge is 0.435 e. The van der Waals surface area contributed by atoms with Crippen LogP contribution < -0.4 is 4.90 Å². The number of anilines is 3. The standard InChI is InChI=1S/C45H29N3O/c1-4-13-32(14-5-1)45-46-39-28-26-31-24-23-30-25-27-35(29-38(30)42(31)44(39)49-45)47(33-15-6-2-7-16-33)41-22-12-20-37-36-19-10-11-21-40(36)48(43(37)41)34-17-8-3-9-18-34/h1-29H. The van der Waals surface area contributed by atoms with Crippen molar-refractivity contribution in [3.8, 4) is 17.1 Å². The third-order valence-electron chi connectivity index (χ3n) is 9.56. The third-order valence-corrected chi connectivity index (χ3v) is 9.56. The zero-order valence-corrected chi connectivity index (χ0v) is 26.5. The van der Waals surface area contributed by atoms with Crippen molar-refractivity contribution in [1.82, 2.24) is 9.55 Å². The molecule has 10 aromatic rings.